The van der Waals surface area contributed by atoms with Crippen LogP contribution in [-0.2, 0) is 65.4 Å². The maximum absolute atomic E-state index is 13.1. The second kappa shape index (κ2) is 73.0. The zero-order valence-electron chi connectivity index (χ0n) is 64.6. The van der Waals surface area contributed by atoms with E-state index in [-0.39, 0.29) is 25.7 Å². The zero-order chi connectivity index (χ0) is 72.7. The van der Waals surface area contributed by atoms with Gasteiger partial charge in [-0.05, 0) is 31.6 Å². The molecule has 17 nitrogen and oxygen atoms in total. The Balaban J connectivity index is 5.15. The summed E-state index contributed by atoms with van der Waals surface area (Å²) in [6.45, 7) is 7.22. The van der Waals surface area contributed by atoms with Crippen molar-refractivity contribution in [1.29, 1.82) is 0 Å². The third-order valence-electron chi connectivity index (χ3n) is 18.8. The van der Waals surface area contributed by atoms with Crippen molar-refractivity contribution in [3.8, 4) is 0 Å². The van der Waals surface area contributed by atoms with Gasteiger partial charge in [-0.1, -0.05) is 375 Å². The van der Waals surface area contributed by atoms with E-state index in [1.54, 1.807) is 0 Å². The summed E-state index contributed by atoms with van der Waals surface area (Å²) in [7, 11) is -9.91. The number of unbranched alkanes of at least 4 members (excludes halogenated alkanes) is 52. The van der Waals surface area contributed by atoms with E-state index in [1.807, 2.05) is 0 Å². The van der Waals surface area contributed by atoms with Crippen LogP contribution in [0.25, 0.3) is 0 Å². The lowest BCUT2D eigenvalue weighted by atomic mass is 10.0. The second-order valence-electron chi connectivity index (χ2n) is 29.3. The molecule has 0 aromatic carbocycles. The normalized spacial score (nSPS) is 13.9. The minimum Gasteiger partial charge on any atom is -0.462 e. The fourth-order valence-corrected chi connectivity index (χ4v) is 14.0. The maximum Gasteiger partial charge on any atom is 0.472 e. The van der Waals surface area contributed by atoms with Gasteiger partial charge >= 0.3 is 39.5 Å². The van der Waals surface area contributed by atoms with Gasteiger partial charge in [0.15, 0.2) is 12.2 Å². The van der Waals surface area contributed by atoms with E-state index in [2.05, 4.69) is 34.6 Å². The Morgan fingerprint density at radius 3 is 0.687 bits per heavy atom. The van der Waals surface area contributed by atoms with Crippen molar-refractivity contribution >= 4 is 39.5 Å². The molecule has 0 saturated heterocycles. The lowest BCUT2D eigenvalue weighted by Crippen LogP contribution is -2.30. The molecule has 3 N–H and O–H groups in total. The van der Waals surface area contributed by atoms with Crippen LogP contribution in [0.5, 0.6) is 0 Å². The largest absolute Gasteiger partial charge is 0.472 e. The third kappa shape index (κ3) is 74.1. The molecule has 0 aliphatic heterocycles. The van der Waals surface area contributed by atoms with Crippen molar-refractivity contribution in [2.75, 3.05) is 39.6 Å². The molecule has 588 valence electrons. The van der Waals surface area contributed by atoms with Gasteiger partial charge in [-0.3, -0.25) is 37.3 Å². The number of phosphoric ester groups is 2. The Bertz CT molecular complexity index is 1890. The van der Waals surface area contributed by atoms with Crippen LogP contribution in [0, 0.1) is 5.92 Å². The Morgan fingerprint density at radius 2 is 0.465 bits per heavy atom. The van der Waals surface area contributed by atoms with Crippen LogP contribution in [0.15, 0.2) is 0 Å². The second-order valence-corrected chi connectivity index (χ2v) is 32.2. The molecule has 0 saturated carbocycles. The van der Waals surface area contributed by atoms with E-state index in [0.717, 1.165) is 96.3 Å². The standard InChI is InChI=1S/C80H156O17P2/c1-6-9-12-15-18-21-23-25-27-29-31-33-35-37-39-41-43-45-50-55-60-65-79(84)96-75(70-91-78(83)64-59-54-49-44-42-40-38-36-34-32-30-28-26-24-22-19-16-13-10-7-2)71-94-98(86,87)92-67-74(81)68-93-99(88,89)95-72-76(69-90-77(82)63-58-53-48-20-17-14-11-8-3)97-80(85)66-61-56-51-46-47-52-57-62-73(4)5/h73-76,81H,6-72H2,1-5H3,(H,86,87)(H,88,89)/t74-,75-,76-/m1/s1. The first-order valence-corrected chi connectivity index (χ1v) is 44.6. The highest BCUT2D eigenvalue weighted by molar-refractivity contribution is 7.47. The Hall–Kier alpha value is -1.94. The van der Waals surface area contributed by atoms with E-state index in [4.69, 9.17) is 37.0 Å². The summed E-state index contributed by atoms with van der Waals surface area (Å²) < 4.78 is 68.5. The summed E-state index contributed by atoms with van der Waals surface area (Å²) in [5.41, 5.74) is 0. The molecule has 0 radical (unpaired) electrons. The van der Waals surface area contributed by atoms with E-state index in [0.29, 0.717) is 31.6 Å². The number of aliphatic hydroxyl groups is 1. The molecule has 0 rings (SSSR count). The van der Waals surface area contributed by atoms with Gasteiger partial charge in [0.1, 0.15) is 19.3 Å². The quantitative estimate of drug-likeness (QED) is 0.0222. The molecule has 0 fully saturated rings. The van der Waals surface area contributed by atoms with Crippen LogP contribution in [-0.4, -0.2) is 96.7 Å². The highest BCUT2D eigenvalue weighted by Gasteiger charge is 2.30. The van der Waals surface area contributed by atoms with E-state index >= 15 is 0 Å². The molecule has 0 aromatic rings. The third-order valence-corrected chi connectivity index (χ3v) is 20.7. The molecular formula is C80H156O17P2. The zero-order valence-corrected chi connectivity index (χ0v) is 66.4. The summed E-state index contributed by atoms with van der Waals surface area (Å²) >= 11 is 0. The van der Waals surface area contributed by atoms with Gasteiger partial charge in [-0.15, -0.1) is 0 Å². The van der Waals surface area contributed by atoms with Crippen LogP contribution in [0.3, 0.4) is 0 Å². The van der Waals surface area contributed by atoms with Crippen molar-refractivity contribution in [2.24, 2.45) is 5.92 Å². The SMILES string of the molecule is CCCCCCCCCCCCCCCCCCCCCCCC(=O)O[C@H](COC(=O)CCCCCCCCCCCCCCCCCCCCCC)COP(=O)(O)OC[C@@H](O)COP(=O)(O)OC[C@@H](COC(=O)CCCCCCCCCC)OC(=O)CCCCCCCCCC(C)C. The van der Waals surface area contributed by atoms with Crippen molar-refractivity contribution < 1.29 is 80.2 Å². The van der Waals surface area contributed by atoms with Crippen molar-refractivity contribution in [1.82, 2.24) is 0 Å². The van der Waals surface area contributed by atoms with Gasteiger partial charge in [0.2, 0.25) is 0 Å². The van der Waals surface area contributed by atoms with Gasteiger partial charge < -0.3 is 33.8 Å². The van der Waals surface area contributed by atoms with Crippen molar-refractivity contribution in [3.63, 3.8) is 0 Å². The molecule has 0 amide bonds. The molecular weight excluding hydrogens is 1290 g/mol. The van der Waals surface area contributed by atoms with Gasteiger partial charge in [-0.25, -0.2) is 9.13 Å². The number of aliphatic hydroxyl groups excluding tert-OH is 1. The lowest BCUT2D eigenvalue weighted by Gasteiger charge is -2.21. The highest BCUT2D eigenvalue weighted by Crippen LogP contribution is 2.45. The number of esters is 4. The van der Waals surface area contributed by atoms with Crippen molar-refractivity contribution in [2.45, 2.75) is 445 Å². The summed E-state index contributed by atoms with van der Waals surface area (Å²) in [5, 5.41) is 10.6. The number of carbonyl (C=O) groups excluding carboxylic acids is 4. The molecule has 5 atom stereocenters. The summed E-state index contributed by atoms with van der Waals surface area (Å²) in [4.78, 5) is 72.8. The summed E-state index contributed by atoms with van der Waals surface area (Å²) in [6, 6.07) is 0. The van der Waals surface area contributed by atoms with E-state index < -0.39 is 97.5 Å². The van der Waals surface area contributed by atoms with Gasteiger partial charge in [0.05, 0.1) is 26.4 Å². The van der Waals surface area contributed by atoms with Crippen LogP contribution >= 0.6 is 15.6 Å². The van der Waals surface area contributed by atoms with Gasteiger partial charge in [0, 0.05) is 25.7 Å². The molecule has 0 spiro atoms. The van der Waals surface area contributed by atoms with Gasteiger partial charge in [0.25, 0.3) is 0 Å². The molecule has 2 unspecified atom stereocenters. The first kappa shape index (κ1) is 97.1. The summed E-state index contributed by atoms with van der Waals surface area (Å²) in [5.74, 6) is -1.42. The highest BCUT2D eigenvalue weighted by atomic mass is 31.2. The van der Waals surface area contributed by atoms with Crippen LogP contribution in [0.4, 0.5) is 0 Å². The number of hydrogen-bond acceptors (Lipinski definition) is 15. The minimum absolute atomic E-state index is 0.104. The average molecular weight is 1450 g/mol. The number of carbonyl (C=O) groups is 4. The monoisotopic (exact) mass is 1450 g/mol. The van der Waals surface area contributed by atoms with E-state index in [9.17, 15) is 43.2 Å². The molecule has 0 aliphatic rings. The Morgan fingerprint density at radius 1 is 0.273 bits per heavy atom. The molecule has 0 aliphatic carbocycles. The molecule has 0 aromatic heterocycles. The predicted molar refractivity (Wildman–Crippen MR) is 405 cm³/mol. The fraction of sp³-hybridized carbons (Fsp3) is 0.950. The topological polar surface area (TPSA) is 237 Å². The first-order valence-electron chi connectivity index (χ1n) is 41.6. The molecule has 0 heterocycles. The molecule has 0 bridgehead atoms. The Kier molecular flexibility index (Phi) is 71.6. The average Bonchev–Trinajstić information content (AvgIpc) is 1.07. The number of hydrogen-bond donors (Lipinski definition) is 3. The smallest absolute Gasteiger partial charge is 0.462 e. The predicted octanol–water partition coefficient (Wildman–Crippen LogP) is 24.0. The fourth-order valence-electron chi connectivity index (χ4n) is 12.4. The first-order chi connectivity index (χ1) is 48.0. The summed E-state index contributed by atoms with van der Waals surface area (Å²) in [6.07, 6.45) is 64.3. The van der Waals surface area contributed by atoms with Crippen molar-refractivity contribution in [3.05, 3.63) is 0 Å². The van der Waals surface area contributed by atoms with E-state index in [1.165, 1.54) is 244 Å². The minimum atomic E-state index is -4.96. The van der Waals surface area contributed by atoms with Crippen LogP contribution in [0.2, 0.25) is 0 Å². The molecule has 99 heavy (non-hydrogen) atoms. The lowest BCUT2D eigenvalue weighted by molar-refractivity contribution is -0.161. The van der Waals surface area contributed by atoms with Gasteiger partial charge in [-0.2, -0.15) is 0 Å². The van der Waals surface area contributed by atoms with Crippen LogP contribution in [0.1, 0.15) is 426 Å². The van der Waals surface area contributed by atoms with Crippen LogP contribution < -0.4 is 0 Å². The Labute approximate surface area is 607 Å². The number of phosphoric acid groups is 2. The maximum atomic E-state index is 13.1. The number of ether oxygens (including phenoxy) is 4. The molecule has 19 heteroatoms. The number of rotatable bonds is 80.